The SMILES string of the molecule is COc1ccc(C(=O)NC2CCN(c3nc4ccccc4s3)CC2)c(NS(=O)(=O)c2ccc(-c3ccc(C)s3)cc2)c1. The molecule has 3 heterocycles. The lowest BCUT2D eigenvalue weighted by molar-refractivity contribution is 0.0932. The van der Waals surface area contributed by atoms with Crippen LogP contribution in [-0.2, 0) is 10.0 Å². The first-order chi connectivity index (χ1) is 20.3. The molecule has 11 heteroatoms. The maximum absolute atomic E-state index is 13.4. The molecule has 1 saturated heterocycles. The van der Waals surface area contributed by atoms with Gasteiger partial charge in [0.1, 0.15) is 5.75 Å². The number of rotatable bonds is 8. The molecule has 42 heavy (non-hydrogen) atoms. The second-order valence-corrected chi connectivity index (χ2v) is 14.1. The van der Waals surface area contributed by atoms with Gasteiger partial charge in [0.15, 0.2) is 5.13 Å². The fourth-order valence-corrected chi connectivity index (χ4v) is 7.96. The van der Waals surface area contributed by atoms with Crippen LogP contribution in [0.25, 0.3) is 20.7 Å². The van der Waals surface area contributed by atoms with Crippen LogP contribution in [0.15, 0.2) is 83.8 Å². The van der Waals surface area contributed by atoms with Crippen molar-refractivity contribution in [2.45, 2.75) is 30.7 Å². The van der Waals surface area contributed by atoms with E-state index in [4.69, 9.17) is 9.72 Å². The third-order valence-corrected chi connectivity index (χ3v) is 10.8. The standard InChI is InChI=1S/C31H30N4O4S3/c1-20-7-14-28(40-20)21-8-11-24(12-9-21)42(37,38)34-27-19-23(39-2)10-13-25(27)30(36)32-22-15-17-35(18-16-22)31-33-26-5-3-4-6-29(26)41-31/h3-14,19,22,34H,15-18H2,1-2H3,(H,32,36). The molecule has 1 fully saturated rings. The number of carbonyl (C=O) groups excluding carboxylic acids is 1. The number of fused-ring (bicyclic) bond motifs is 1. The molecule has 2 aromatic heterocycles. The number of thiazole rings is 1. The third-order valence-electron chi connectivity index (χ3n) is 7.29. The van der Waals surface area contributed by atoms with Gasteiger partial charge in [-0.1, -0.05) is 35.6 Å². The highest BCUT2D eigenvalue weighted by atomic mass is 32.2. The fraction of sp³-hybridized carbons (Fsp3) is 0.226. The van der Waals surface area contributed by atoms with Crippen molar-refractivity contribution in [3.63, 3.8) is 0 Å². The Morgan fingerprint density at radius 1 is 0.976 bits per heavy atom. The van der Waals surface area contributed by atoms with Crippen molar-refractivity contribution in [2.24, 2.45) is 0 Å². The molecule has 5 aromatic rings. The van der Waals surface area contributed by atoms with E-state index in [0.717, 1.165) is 51.7 Å². The molecule has 3 aromatic carbocycles. The summed E-state index contributed by atoms with van der Waals surface area (Å²) in [6.45, 7) is 3.58. The summed E-state index contributed by atoms with van der Waals surface area (Å²) in [5, 5.41) is 4.10. The summed E-state index contributed by atoms with van der Waals surface area (Å²) in [6, 6.07) is 23.6. The Morgan fingerprint density at radius 3 is 2.43 bits per heavy atom. The maximum atomic E-state index is 13.4. The first-order valence-corrected chi connectivity index (χ1v) is 16.7. The van der Waals surface area contributed by atoms with Gasteiger partial charge in [-0.2, -0.15) is 0 Å². The predicted molar refractivity (Wildman–Crippen MR) is 171 cm³/mol. The van der Waals surface area contributed by atoms with Gasteiger partial charge in [-0.3, -0.25) is 9.52 Å². The average Bonchev–Trinajstić information content (AvgIpc) is 3.64. The first kappa shape index (κ1) is 28.2. The molecule has 216 valence electrons. The Labute approximate surface area is 253 Å². The number of ether oxygens (including phenoxy) is 1. The van der Waals surface area contributed by atoms with E-state index in [0.29, 0.717) is 5.75 Å². The number of anilines is 2. The van der Waals surface area contributed by atoms with Crippen LogP contribution in [0.3, 0.4) is 0 Å². The number of nitrogens with zero attached hydrogens (tertiary/aromatic N) is 2. The number of thiophene rings is 1. The Hall–Kier alpha value is -3.93. The second kappa shape index (κ2) is 11.7. The minimum Gasteiger partial charge on any atom is -0.497 e. The van der Waals surface area contributed by atoms with E-state index in [1.54, 1.807) is 59.1 Å². The monoisotopic (exact) mass is 618 g/mol. The summed E-state index contributed by atoms with van der Waals surface area (Å²) >= 11 is 3.33. The van der Waals surface area contributed by atoms with Crippen molar-refractivity contribution < 1.29 is 17.9 Å². The Bertz CT molecular complexity index is 1810. The number of benzene rings is 3. The molecule has 8 nitrogen and oxygen atoms in total. The van der Waals surface area contributed by atoms with Crippen LogP contribution < -0.4 is 19.7 Å². The molecular weight excluding hydrogens is 589 g/mol. The number of aryl methyl sites for hydroxylation is 1. The van der Waals surface area contributed by atoms with Crippen molar-refractivity contribution in [3.8, 4) is 16.2 Å². The molecule has 0 saturated carbocycles. The van der Waals surface area contributed by atoms with Crippen LogP contribution in [0, 0.1) is 6.92 Å². The summed E-state index contributed by atoms with van der Waals surface area (Å²) in [4.78, 5) is 22.8. The van der Waals surface area contributed by atoms with Crippen LogP contribution in [0.4, 0.5) is 10.8 Å². The number of sulfonamides is 1. The largest absolute Gasteiger partial charge is 0.497 e. The van der Waals surface area contributed by atoms with E-state index in [-0.39, 0.29) is 28.1 Å². The molecule has 6 rings (SSSR count). The Balaban J connectivity index is 1.15. The summed E-state index contributed by atoms with van der Waals surface area (Å²) in [5.74, 6) is 0.106. The van der Waals surface area contributed by atoms with Crippen LogP contribution in [-0.4, -0.2) is 45.6 Å². The number of carbonyl (C=O) groups is 1. The molecule has 0 unspecified atom stereocenters. The fourth-order valence-electron chi connectivity index (χ4n) is 5.00. The van der Waals surface area contributed by atoms with E-state index in [1.807, 2.05) is 37.3 Å². The highest BCUT2D eigenvalue weighted by Gasteiger charge is 2.25. The molecular formula is C31H30N4O4S3. The molecule has 1 amide bonds. The lowest BCUT2D eigenvalue weighted by atomic mass is 10.0. The van der Waals surface area contributed by atoms with Crippen LogP contribution in [0.5, 0.6) is 5.75 Å². The van der Waals surface area contributed by atoms with Gasteiger partial charge in [-0.15, -0.1) is 11.3 Å². The summed E-state index contributed by atoms with van der Waals surface area (Å²) in [6.07, 6.45) is 1.52. The minimum absolute atomic E-state index is 0.0388. The summed E-state index contributed by atoms with van der Waals surface area (Å²) < 4.78 is 35.8. The number of piperidine rings is 1. The minimum atomic E-state index is -3.96. The van der Waals surface area contributed by atoms with Crippen molar-refractivity contribution in [2.75, 3.05) is 29.8 Å². The van der Waals surface area contributed by atoms with Crippen molar-refractivity contribution >= 4 is 59.6 Å². The molecule has 0 aliphatic carbocycles. The Morgan fingerprint density at radius 2 is 1.74 bits per heavy atom. The highest BCUT2D eigenvalue weighted by molar-refractivity contribution is 7.92. The van der Waals surface area contributed by atoms with E-state index < -0.39 is 10.0 Å². The second-order valence-electron chi connectivity index (χ2n) is 10.2. The lowest BCUT2D eigenvalue weighted by Crippen LogP contribution is -2.44. The summed E-state index contributed by atoms with van der Waals surface area (Å²) in [7, 11) is -2.47. The van der Waals surface area contributed by atoms with Crippen molar-refractivity contribution in [1.82, 2.24) is 10.3 Å². The first-order valence-electron chi connectivity index (χ1n) is 13.6. The van der Waals surface area contributed by atoms with Crippen LogP contribution >= 0.6 is 22.7 Å². The van der Waals surface area contributed by atoms with Crippen molar-refractivity contribution in [1.29, 1.82) is 0 Å². The molecule has 0 bridgehead atoms. The van der Waals surface area contributed by atoms with Gasteiger partial charge >= 0.3 is 0 Å². The van der Waals surface area contributed by atoms with E-state index in [9.17, 15) is 13.2 Å². The predicted octanol–water partition coefficient (Wildman–Crippen LogP) is 6.54. The molecule has 1 aliphatic rings. The molecule has 0 spiro atoms. The molecule has 0 radical (unpaired) electrons. The number of methoxy groups -OCH3 is 1. The van der Waals surface area contributed by atoms with E-state index in [2.05, 4.69) is 21.0 Å². The number of hydrogen-bond acceptors (Lipinski definition) is 8. The van der Waals surface area contributed by atoms with Gasteiger partial charge in [0, 0.05) is 35.0 Å². The van der Waals surface area contributed by atoms with Gasteiger partial charge < -0.3 is 15.0 Å². The maximum Gasteiger partial charge on any atom is 0.261 e. The topological polar surface area (TPSA) is 101 Å². The zero-order valence-electron chi connectivity index (χ0n) is 23.2. The quantitative estimate of drug-likeness (QED) is 0.205. The van der Waals surface area contributed by atoms with Crippen molar-refractivity contribution in [3.05, 3.63) is 89.3 Å². The van der Waals surface area contributed by atoms with Crippen LogP contribution in [0.1, 0.15) is 28.1 Å². The van der Waals surface area contributed by atoms with Gasteiger partial charge in [-0.05, 0) is 73.9 Å². The van der Waals surface area contributed by atoms with Crippen LogP contribution in [0.2, 0.25) is 0 Å². The highest BCUT2D eigenvalue weighted by Crippen LogP contribution is 2.32. The number of nitrogens with one attached hydrogen (secondary N) is 2. The number of hydrogen-bond donors (Lipinski definition) is 2. The number of aromatic nitrogens is 1. The third kappa shape index (κ3) is 5.99. The van der Waals surface area contributed by atoms with Gasteiger partial charge in [0.2, 0.25) is 0 Å². The zero-order chi connectivity index (χ0) is 29.3. The molecule has 1 aliphatic heterocycles. The van der Waals surface area contributed by atoms with Gasteiger partial charge in [-0.25, -0.2) is 13.4 Å². The van der Waals surface area contributed by atoms with Gasteiger partial charge in [0.25, 0.3) is 15.9 Å². The number of para-hydroxylation sites is 1. The Kier molecular flexibility index (Phi) is 7.89. The lowest BCUT2D eigenvalue weighted by Gasteiger charge is -2.32. The normalized spacial score (nSPS) is 14.2. The molecule has 0 atom stereocenters. The summed E-state index contributed by atoms with van der Waals surface area (Å²) in [5.41, 5.74) is 2.34. The van der Waals surface area contributed by atoms with E-state index >= 15 is 0 Å². The zero-order valence-corrected chi connectivity index (χ0v) is 25.6. The van der Waals surface area contributed by atoms with Gasteiger partial charge in [0.05, 0.1) is 33.5 Å². The molecule has 2 N–H and O–H groups in total. The van der Waals surface area contributed by atoms with E-state index in [1.165, 1.54) is 18.1 Å². The number of amides is 1. The average molecular weight is 619 g/mol. The smallest absolute Gasteiger partial charge is 0.261 e.